The van der Waals surface area contributed by atoms with Crippen molar-refractivity contribution in [2.45, 2.75) is 39.0 Å². The van der Waals surface area contributed by atoms with Gasteiger partial charge in [0.1, 0.15) is 16.8 Å². The molecule has 1 aromatic heterocycles. The topological polar surface area (TPSA) is 68.7 Å². The van der Waals surface area contributed by atoms with Gasteiger partial charge in [0.25, 0.3) is 0 Å². The molecule has 1 N–H and O–H groups in total. The summed E-state index contributed by atoms with van der Waals surface area (Å²) in [6, 6.07) is 9.74. The minimum atomic E-state index is -4.39. The maximum Gasteiger partial charge on any atom is 0.416 e. The van der Waals surface area contributed by atoms with Gasteiger partial charge >= 0.3 is 12.1 Å². The lowest BCUT2D eigenvalue weighted by molar-refractivity contribution is -0.138. The second-order valence-electron chi connectivity index (χ2n) is 8.24. The molecule has 2 heterocycles. The van der Waals surface area contributed by atoms with Crippen molar-refractivity contribution in [3.8, 4) is 22.8 Å². The van der Waals surface area contributed by atoms with Crippen LogP contribution in [-0.2, 0) is 17.6 Å². The number of rotatable bonds is 6. The number of halogens is 4. The second kappa shape index (κ2) is 9.29. The highest BCUT2D eigenvalue weighted by Gasteiger charge is 2.32. The zero-order valence-electron chi connectivity index (χ0n) is 18.4. The predicted molar refractivity (Wildman–Crippen MR) is 123 cm³/mol. The van der Waals surface area contributed by atoms with E-state index in [-0.39, 0.29) is 25.6 Å². The van der Waals surface area contributed by atoms with Crippen molar-refractivity contribution in [2.75, 3.05) is 6.61 Å². The highest BCUT2D eigenvalue weighted by molar-refractivity contribution is 9.10. The zero-order valence-corrected chi connectivity index (χ0v) is 20.0. The molecular weight excluding hydrogens is 515 g/mol. The number of nitrogens with zero attached hydrogens (tertiary/aromatic N) is 1. The van der Waals surface area contributed by atoms with Gasteiger partial charge in [-0.3, -0.25) is 4.79 Å². The average molecular weight is 536 g/mol. The van der Waals surface area contributed by atoms with Gasteiger partial charge in [-0.2, -0.15) is 13.2 Å². The summed E-state index contributed by atoms with van der Waals surface area (Å²) in [6.07, 6.45) is -2.87. The van der Waals surface area contributed by atoms with Crippen LogP contribution < -0.4 is 9.47 Å². The van der Waals surface area contributed by atoms with E-state index in [1.807, 2.05) is 24.3 Å². The van der Waals surface area contributed by atoms with Crippen LogP contribution in [0.2, 0.25) is 0 Å². The molecule has 0 saturated carbocycles. The number of hydrogen-bond acceptors (Lipinski definition) is 4. The molecule has 0 aliphatic carbocycles. The molecular formula is C25H21BrF3NO4. The van der Waals surface area contributed by atoms with Crippen LogP contribution in [0.25, 0.3) is 11.1 Å². The van der Waals surface area contributed by atoms with Gasteiger partial charge < -0.3 is 14.6 Å². The van der Waals surface area contributed by atoms with Crippen LogP contribution in [-0.4, -0.2) is 22.7 Å². The molecule has 1 atom stereocenters. The molecule has 1 unspecified atom stereocenters. The molecule has 34 heavy (non-hydrogen) atoms. The Morgan fingerprint density at radius 2 is 1.94 bits per heavy atom. The number of aromatic nitrogens is 1. The van der Waals surface area contributed by atoms with Crippen LogP contribution in [0.5, 0.6) is 11.6 Å². The van der Waals surface area contributed by atoms with E-state index in [0.29, 0.717) is 27.2 Å². The van der Waals surface area contributed by atoms with Crippen molar-refractivity contribution < 1.29 is 32.5 Å². The number of carboxylic acid groups (broad SMARTS) is 1. The van der Waals surface area contributed by atoms with Gasteiger partial charge in [-0.1, -0.05) is 18.2 Å². The van der Waals surface area contributed by atoms with Gasteiger partial charge in [0.05, 0.1) is 18.6 Å². The minimum Gasteiger partial charge on any atom is -0.491 e. The lowest BCUT2D eigenvalue weighted by Gasteiger charge is -2.16. The number of aliphatic carboxylic acids is 1. The highest BCUT2D eigenvalue weighted by atomic mass is 79.9. The van der Waals surface area contributed by atoms with Gasteiger partial charge in [0, 0.05) is 17.7 Å². The Morgan fingerprint density at radius 3 is 2.59 bits per heavy atom. The highest BCUT2D eigenvalue weighted by Crippen LogP contribution is 2.44. The SMILES string of the molecule is Cc1cc(C(F)(F)F)cc(C)c1-c1cccc(COc2ncc3c(c2Br)OCC3CC(=O)O)c1. The fourth-order valence-corrected chi connectivity index (χ4v) is 4.77. The van der Waals surface area contributed by atoms with Crippen LogP contribution in [0.15, 0.2) is 47.1 Å². The predicted octanol–water partition coefficient (Wildman–Crippen LogP) is 6.68. The van der Waals surface area contributed by atoms with Gasteiger partial charge in [-0.25, -0.2) is 4.98 Å². The Labute approximate surface area is 202 Å². The Balaban J connectivity index is 1.54. The van der Waals surface area contributed by atoms with Crippen molar-refractivity contribution in [2.24, 2.45) is 0 Å². The molecule has 1 aliphatic rings. The molecule has 0 bridgehead atoms. The van der Waals surface area contributed by atoms with Crippen molar-refractivity contribution in [1.82, 2.24) is 4.98 Å². The molecule has 1 aliphatic heterocycles. The van der Waals surface area contributed by atoms with E-state index >= 15 is 0 Å². The number of aryl methyl sites for hydroxylation is 2. The largest absolute Gasteiger partial charge is 0.491 e. The fraction of sp³-hybridized carbons (Fsp3) is 0.280. The quantitative estimate of drug-likeness (QED) is 0.381. The first-order chi connectivity index (χ1) is 16.0. The Kier molecular flexibility index (Phi) is 6.58. The summed E-state index contributed by atoms with van der Waals surface area (Å²) >= 11 is 3.44. The summed E-state index contributed by atoms with van der Waals surface area (Å²) in [7, 11) is 0. The first-order valence-electron chi connectivity index (χ1n) is 10.5. The Bertz CT molecular complexity index is 1240. The molecule has 5 nitrogen and oxygen atoms in total. The Morgan fingerprint density at radius 1 is 1.24 bits per heavy atom. The van der Waals surface area contributed by atoms with Crippen LogP contribution in [0.1, 0.15) is 40.2 Å². The molecule has 0 saturated heterocycles. The Hall–Kier alpha value is -3.07. The normalized spacial score (nSPS) is 15.1. The molecule has 0 radical (unpaired) electrons. The van der Waals surface area contributed by atoms with Crippen LogP contribution in [0.3, 0.4) is 0 Å². The third-order valence-corrected chi connectivity index (χ3v) is 6.41. The van der Waals surface area contributed by atoms with Gasteiger partial charge in [0.2, 0.25) is 5.88 Å². The maximum atomic E-state index is 13.1. The molecule has 178 valence electrons. The van der Waals surface area contributed by atoms with Crippen LogP contribution in [0.4, 0.5) is 13.2 Å². The summed E-state index contributed by atoms with van der Waals surface area (Å²) in [5, 5.41) is 9.06. The monoisotopic (exact) mass is 535 g/mol. The number of pyridine rings is 1. The minimum absolute atomic E-state index is 0.0447. The molecule has 0 spiro atoms. The first-order valence-corrected chi connectivity index (χ1v) is 11.3. The van der Waals surface area contributed by atoms with Gasteiger partial charge in [-0.15, -0.1) is 0 Å². The van der Waals surface area contributed by atoms with E-state index < -0.39 is 17.7 Å². The van der Waals surface area contributed by atoms with Crippen molar-refractivity contribution in [1.29, 1.82) is 0 Å². The van der Waals surface area contributed by atoms with Crippen molar-refractivity contribution in [3.63, 3.8) is 0 Å². The number of fused-ring (bicyclic) bond motifs is 1. The maximum absolute atomic E-state index is 13.1. The molecule has 3 aromatic rings. The van der Waals surface area contributed by atoms with Crippen molar-refractivity contribution >= 4 is 21.9 Å². The summed E-state index contributed by atoms with van der Waals surface area (Å²) in [5.74, 6) is -0.337. The smallest absolute Gasteiger partial charge is 0.416 e. The number of carbonyl (C=O) groups is 1. The number of ether oxygens (including phenoxy) is 2. The van der Waals surface area contributed by atoms with E-state index in [2.05, 4.69) is 20.9 Å². The van der Waals surface area contributed by atoms with E-state index in [1.165, 1.54) is 0 Å². The van der Waals surface area contributed by atoms with Crippen molar-refractivity contribution in [3.05, 3.63) is 74.9 Å². The number of hydrogen-bond donors (Lipinski definition) is 1. The molecule has 0 amide bonds. The number of carboxylic acids is 1. The first kappa shape index (κ1) is 24.1. The molecule has 9 heteroatoms. The van der Waals surface area contributed by atoms with E-state index in [0.717, 1.165) is 34.4 Å². The third-order valence-electron chi connectivity index (χ3n) is 5.71. The van der Waals surface area contributed by atoms with E-state index in [4.69, 9.17) is 14.6 Å². The molecule has 4 rings (SSSR count). The van der Waals surface area contributed by atoms with Gasteiger partial charge in [0.15, 0.2) is 0 Å². The van der Waals surface area contributed by atoms with Crippen LogP contribution in [0, 0.1) is 13.8 Å². The lowest BCUT2D eigenvalue weighted by atomic mass is 9.92. The number of benzene rings is 2. The summed E-state index contributed by atoms with van der Waals surface area (Å²) in [5.41, 5.74) is 3.51. The van der Waals surface area contributed by atoms with E-state index in [9.17, 15) is 18.0 Å². The molecule has 2 aromatic carbocycles. The average Bonchev–Trinajstić information content (AvgIpc) is 3.15. The summed E-state index contributed by atoms with van der Waals surface area (Å²) in [4.78, 5) is 15.4. The number of alkyl halides is 3. The summed E-state index contributed by atoms with van der Waals surface area (Å²) in [6.45, 7) is 3.78. The fourth-order valence-electron chi connectivity index (χ4n) is 4.21. The second-order valence-corrected chi connectivity index (χ2v) is 9.03. The van der Waals surface area contributed by atoms with Gasteiger partial charge in [-0.05, 0) is 75.8 Å². The van der Waals surface area contributed by atoms with Crippen LogP contribution >= 0.6 is 15.9 Å². The lowest BCUT2D eigenvalue weighted by Crippen LogP contribution is -2.07. The summed E-state index contributed by atoms with van der Waals surface area (Å²) < 4.78 is 51.5. The van der Waals surface area contributed by atoms with E-state index in [1.54, 1.807) is 20.0 Å². The standard InChI is InChI=1S/C25H21BrF3NO4/c1-13-6-18(25(27,28)29)7-14(2)21(13)16-5-3-4-15(8-16)11-34-24-22(26)23-19(10-30-24)17(12-33-23)9-20(31)32/h3-8,10,17H,9,11-12H2,1-2H3,(H,31,32). The third kappa shape index (κ3) is 4.89. The zero-order chi connectivity index (χ0) is 24.6. The molecule has 0 fully saturated rings.